The van der Waals surface area contributed by atoms with E-state index in [2.05, 4.69) is 36.1 Å². The Hall–Kier alpha value is -0.660. The van der Waals surface area contributed by atoms with Crippen LogP contribution in [-0.4, -0.2) is 35.5 Å². The minimum atomic E-state index is -2.83. The van der Waals surface area contributed by atoms with Crippen molar-refractivity contribution in [2.24, 2.45) is 4.36 Å². The summed E-state index contributed by atoms with van der Waals surface area (Å²) in [6, 6.07) is 6.10. The lowest BCUT2D eigenvalue weighted by atomic mass is 9.76. The predicted molar refractivity (Wildman–Crippen MR) is 112 cm³/mol. The highest BCUT2D eigenvalue weighted by Gasteiger charge is 2.54. The van der Waals surface area contributed by atoms with E-state index in [1.165, 1.54) is 0 Å². The number of nitrogens with one attached hydrogen (secondary N) is 1. The average molecular weight is 473 g/mol. The SMILES string of the molecule is CC(C)(C)[S+]([O-])N[C@]1(CS2(=O)=NCCC[C@@]2(C)C#N)Cc2ccc(Br)nc21. The molecule has 1 aromatic rings. The third-order valence-electron chi connectivity index (χ3n) is 5.23. The average Bonchev–Trinajstić information content (AvgIpc) is 2.57. The van der Waals surface area contributed by atoms with E-state index in [0.717, 1.165) is 17.7 Å². The van der Waals surface area contributed by atoms with Gasteiger partial charge in [0.1, 0.15) is 19.6 Å². The number of rotatable bonds is 4. The van der Waals surface area contributed by atoms with Gasteiger partial charge in [-0.25, -0.2) is 13.6 Å². The van der Waals surface area contributed by atoms with Crippen molar-refractivity contribution in [1.29, 1.82) is 5.26 Å². The molecule has 0 radical (unpaired) electrons. The molecule has 1 N–H and O–H groups in total. The van der Waals surface area contributed by atoms with E-state index < -0.39 is 36.1 Å². The number of aromatic nitrogens is 1. The summed E-state index contributed by atoms with van der Waals surface area (Å²) in [5, 5.41) is 9.73. The molecule has 1 aliphatic heterocycles. The molecule has 2 unspecified atom stereocenters. The maximum absolute atomic E-state index is 13.9. The molecule has 0 fully saturated rings. The maximum Gasteiger partial charge on any atom is 0.137 e. The Bertz CT molecular complexity index is 917. The molecule has 0 spiro atoms. The number of pyridine rings is 1. The smallest absolute Gasteiger partial charge is 0.137 e. The molecule has 0 bridgehead atoms. The number of hydrogen-bond donors (Lipinski definition) is 1. The first-order valence-electron chi connectivity index (χ1n) is 8.92. The monoisotopic (exact) mass is 472 g/mol. The van der Waals surface area contributed by atoms with Crippen LogP contribution in [0.25, 0.3) is 0 Å². The third kappa shape index (κ3) is 3.67. The van der Waals surface area contributed by atoms with E-state index in [0.29, 0.717) is 24.0 Å². The van der Waals surface area contributed by atoms with Crippen molar-refractivity contribution in [3.8, 4) is 6.07 Å². The molecule has 0 aromatic carbocycles. The normalized spacial score (nSPS) is 34.0. The molecule has 27 heavy (non-hydrogen) atoms. The molecule has 3 rings (SSSR count). The van der Waals surface area contributed by atoms with Crippen LogP contribution >= 0.6 is 15.9 Å². The standard InChI is InChI=1S/C18H25BrN4O2S2/c1-16(2,3)26(24)23-18(10-13-6-7-14(19)22-15(13)18)12-27(25)17(4,11-20)8-5-9-21-27/h6-7,23H,5,8-10,12H2,1-4H3/t17-,18-,26?,27?/m0/s1. The van der Waals surface area contributed by atoms with Crippen molar-refractivity contribution in [2.45, 2.75) is 62.0 Å². The van der Waals surface area contributed by atoms with Gasteiger partial charge in [0.2, 0.25) is 0 Å². The van der Waals surface area contributed by atoms with Gasteiger partial charge in [0.15, 0.2) is 0 Å². The molecule has 148 valence electrons. The number of fused-ring (bicyclic) bond motifs is 1. The van der Waals surface area contributed by atoms with E-state index in [9.17, 15) is 14.0 Å². The summed E-state index contributed by atoms with van der Waals surface area (Å²) in [5.41, 5.74) is 0.972. The zero-order valence-electron chi connectivity index (χ0n) is 16.0. The van der Waals surface area contributed by atoms with Gasteiger partial charge in [0.05, 0.1) is 27.2 Å². The van der Waals surface area contributed by atoms with Crippen molar-refractivity contribution in [3.05, 3.63) is 28.0 Å². The summed E-state index contributed by atoms with van der Waals surface area (Å²) in [6.45, 7) is 7.90. The highest BCUT2D eigenvalue weighted by molar-refractivity contribution is 9.10. The second kappa shape index (κ2) is 6.99. The quantitative estimate of drug-likeness (QED) is 0.535. The van der Waals surface area contributed by atoms with Gasteiger partial charge in [-0.1, -0.05) is 6.07 Å². The van der Waals surface area contributed by atoms with E-state index in [1.807, 2.05) is 32.9 Å². The zero-order valence-corrected chi connectivity index (χ0v) is 19.3. The van der Waals surface area contributed by atoms with Gasteiger partial charge in [-0.15, -0.1) is 4.72 Å². The fourth-order valence-corrected chi connectivity index (χ4v) is 7.49. The first-order valence-corrected chi connectivity index (χ1v) is 12.5. The van der Waals surface area contributed by atoms with Crippen molar-refractivity contribution >= 4 is 37.0 Å². The summed E-state index contributed by atoms with van der Waals surface area (Å²) in [7, 11) is -2.83. The number of nitrogens with zero attached hydrogens (tertiary/aromatic N) is 3. The third-order valence-corrected chi connectivity index (χ3v) is 10.5. The molecule has 0 amide bonds. The van der Waals surface area contributed by atoms with Gasteiger partial charge in [0.25, 0.3) is 0 Å². The summed E-state index contributed by atoms with van der Waals surface area (Å²) in [4.78, 5) is 4.59. The first kappa shape index (κ1) is 21.1. The second-order valence-electron chi connectivity index (χ2n) is 8.47. The van der Waals surface area contributed by atoms with Crippen LogP contribution in [0.15, 0.2) is 21.1 Å². The van der Waals surface area contributed by atoms with Crippen LogP contribution in [-0.2, 0) is 33.1 Å². The number of halogens is 1. The van der Waals surface area contributed by atoms with Crippen molar-refractivity contribution in [3.63, 3.8) is 0 Å². The van der Waals surface area contributed by atoms with Crippen LogP contribution in [0.3, 0.4) is 0 Å². The van der Waals surface area contributed by atoms with Gasteiger partial charge < -0.3 is 4.55 Å². The van der Waals surface area contributed by atoms with Gasteiger partial charge in [-0.3, -0.25) is 0 Å². The minimum absolute atomic E-state index is 0.141. The van der Waals surface area contributed by atoms with Gasteiger partial charge in [0, 0.05) is 24.3 Å². The molecule has 1 aliphatic carbocycles. The Balaban J connectivity index is 2.07. The lowest BCUT2D eigenvalue weighted by molar-refractivity contribution is 0.358. The molecule has 1 aromatic heterocycles. The Morgan fingerprint density at radius 2 is 2.19 bits per heavy atom. The Kier molecular flexibility index (Phi) is 5.45. The fourth-order valence-electron chi connectivity index (χ4n) is 3.48. The van der Waals surface area contributed by atoms with E-state index in [-0.39, 0.29) is 5.75 Å². The molecular weight excluding hydrogens is 448 g/mol. The van der Waals surface area contributed by atoms with Crippen LogP contribution in [0, 0.1) is 11.3 Å². The van der Waals surface area contributed by atoms with Gasteiger partial charge >= 0.3 is 0 Å². The topological polar surface area (TPSA) is 101 Å². The number of hydrogen-bond acceptors (Lipinski definition) is 6. The molecular formula is C18H25BrN4O2S2. The van der Waals surface area contributed by atoms with E-state index >= 15 is 0 Å². The second-order valence-corrected chi connectivity index (χ2v) is 14.0. The Labute approximate surface area is 173 Å². The number of nitriles is 1. The Morgan fingerprint density at radius 1 is 1.48 bits per heavy atom. The predicted octanol–water partition coefficient (Wildman–Crippen LogP) is 3.19. The highest BCUT2D eigenvalue weighted by atomic mass is 79.9. The van der Waals surface area contributed by atoms with Crippen molar-refractivity contribution in [1.82, 2.24) is 9.71 Å². The van der Waals surface area contributed by atoms with Gasteiger partial charge in [-0.05, 0) is 68.1 Å². The molecule has 6 nitrogen and oxygen atoms in total. The van der Waals surface area contributed by atoms with E-state index in [1.54, 1.807) is 6.92 Å². The lowest BCUT2D eigenvalue weighted by Crippen LogP contribution is -2.62. The molecule has 2 aliphatic rings. The molecule has 0 saturated carbocycles. The summed E-state index contributed by atoms with van der Waals surface area (Å²) in [5.74, 6) is 0.141. The minimum Gasteiger partial charge on any atom is -0.598 e. The van der Waals surface area contributed by atoms with Crippen LogP contribution in [0.5, 0.6) is 0 Å². The largest absolute Gasteiger partial charge is 0.598 e. The van der Waals surface area contributed by atoms with Crippen LogP contribution in [0.4, 0.5) is 0 Å². The molecule has 2 heterocycles. The van der Waals surface area contributed by atoms with Crippen LogP contribution in [0.2, 0.25) is 0 Å². The zero-order chi connectivity index (χ0) is 20.1. The molecule has 4 atom stereocenters. The molecule has 9 heteroatoms. The van der Waals surface area contributed by atoms with Crippen LogP contribution in [0.1, 0.15) is 51.8 Å². The van der Waals surface area contributed by atoms with Crippen molar-refractivity contribution in [2.75, 3.05) is 12.3 Å². The van der Waals surface area contributed by atoms with E-state index in [4.69, 9.17) is 0 Å². The molecule has 0 saturated heterocycles. The van der Waals surface area contributed by atoms with Crippen molar-refractivity contribution < 1.29 is 8.76 Å². The maximum atomic E-state index is 13.9. The summed E-state index contributed by atoms with van der Waals surface area (Å²) >= 11 is 2.03. The lowest BCUT2D eigenvalue weighted by Gasteiger charge is -2.46. The summed E-state index contributed by atoms with van der Waals surface area (Å²) in [6.07, 6.45) is 1.89. The Morgan fingerprint density at radius 3 is 2.81 bits per heavy atom. The van der Waals surface area contributed by atoms with Crippen LogP contribution < -0.4 is 4.72 Å². The van der Waals surface area contributed by atoms with Gasteiger partial charge in [-0.2, -0.15) is 5.26 Å². The fraction of sp³-hybridized carbons (Fsp3) is 0.667. The highest BCUT2D eigenvalue weighted by Crippen LogP contribution is 2.44. The first-order chi connectivity index (χ1) is 12.4. The summed E-state index contributed by atoms with van der Waals surface area (Å²) < 4.78 is 33.6.